The largest absolute Gasteiger partial charge is 0.493 e. The average Bonchev–Trinajstić information content (AvgIpc) is 2.86. The smallest absolute Gasteiger partial charge is 0.297 e. The molecule has 4 rings (SSSR count). The predicted molar refractivity (Wildman–Crippen MR) is 129 cm³/mol. The molecule has 0 unspecified atom stereocenters. The molecule has 0 aromatic heterocycles. The van der Waals surface area contributed by atoms with Gasteiger partial charge in [0.05, 0.1) is 30.0 Å². The third-order valence-electron chi connectivity index (χ3n) is 6.18. The maximum atomic E-state index is 12.7. The summed E-state index contributed by atoms with van der Waals surface area (Å²) in [5.74, 6) is 0. The Kier molecular flexibility index (Phi) is 8.78. The number of aliphatic hydroxyl groups excluding tert-OH is 2. The molecule has 0 saturated carbocycles. The van der Waals surface area contributed by atoms with Gasteiger partial charge in [-0.2, -0.15) is 8.42 Å². The van der Waals surface area contributed by atoms with Crippen LogP contribution in [0.2, 0.25) is 0 Å². The van der Waals surface area contributed by atoms with E-state index in [1.807, 2.05) is 37.3 Å². The number of benzene rings is 2. The number of aliphatic hydroxyl groups is 2. The van der Waals surface area contributed by atoms with E-state index in [1.54, 1.807) is 25.1 Å². The van der Waals surface area contributed by atoms with Gasteiger partial charge in [-0.25, -0.2) is 0 Å². The van der Waals surface area contributed by atoms with Gasteiger partial charge in [0.25, 0.3) is 10.1 Å². The van der Waals surface area contributed by atoms with Crippen LogP contribution >= 0.6 is 0 Å². The lowest BCUT2D eigenvalue weighted by Gasteiger charge is -2.40. The molecule has 36 heavy (non-hydrogen) atoms. The van der Waals surface area contributed by atoms with Gasteiger partial charge < -0.3 is 29.2 Å². The molecule has 2 aromatic carbocycles. The SMILES string of the molecule is Cc1ccc(S(=O)(=O)OC[C@H]2OC=C[C@@H](OCc3ccccc3)[C@@H]2O[C@H]2C[C@@H](O)[C@H](O)[C@@H](C)O2)cc1. The summed E-state index contributed by atoms with van der Waals surface area (Å²) in [6, 6.07) is 15.9. The number of ether oxygens (including phenoxy) is 4. The van der Waals surface area contributed by atoms with Crippen molar-refractivity contribution in [3.63, 3.8) is 0 Å². The molecular formula is C26H32O9S. The van der Waals surface area contributed by atoms with Gasteiger partial charge in [-0.3, -0.25) is 4.18 Å². The third kappa shape index (κ3) is 6.71. The second-order valence-electron chi connectivity index (χ2n) is 8.98. The van der Waals surface area contributed by atoms with Crippen LogP contribution in [0.4, 0.5) is 0 Å². The molecule has 0 bridgehead atoms. The highest BCUT2D eigenvalue weighted by molar-refractivity contribution is 7.86. The third-order valence-corrected chi connectivity index (χ3v) is 7.47. The topological polar surface area (TPSA) is 121 Å². The Morgan fingerprint density at radius 3 is 2.47 bits per heavy atom. The highest BCUT2D eigenvalue weighted by Crippen LogP contribution is 2.28. The molecule has 196 valence electrons. The first-order valence-corrected chi connectivity index (χ1v) is 13.2. The molecule has 2 aliphatic heterocycles. The standard InChI is InChI=1S/C26H32O9S/c1-17-8-10-20(11-9-17)36(29,30)33-16-23-26(35-24-14-21(27)25(28)18(2)34-24)22(12-13-31-23)32-15-19-6-4-3-5-7-19/h3-13,18,21-28H,14-16H2,1-2H3/t18-,21-,22-,23-,24+,25-,26+/m1/s1. The highest BCUT2D eigenvalue weighted by Gasteiger charge is 2.41. The van der Waals surface area contributed by atoms with Crippen LogP contribution in [0.25, 0.3) is 0 Å². The first-order valence-electron chi connectivity index (χ1n) is 11.8. The molecule has 0 amide bonds. The van der Waals surface area contributed by atoms with E-state index in [4.69, 9.17) is 23.1 Å². The quantitative estimate of drug-likeness (QED) is 0.480. The second-order valence-corrected chi connectivity index (χ2v) is 10.6. The number of aryl methyl sites for hydroxylation is 1. The van der Waals surface area contributed by atoms with Gasteiger partial charge in [0.15, 0.2) is 12.4 Å². The van der Waals surface area contributed by atoms with E-state index in [0.717, 1.165) is 11.1 Å². The molecule has 1 fully saturated rings. The normalized spacial score (nSPS) is 30.6. The van der Waals surface area contributed by atoms with Crippen LogP contribution in [-0.2, 0) is 39.9 Å². The fourth-order valence-corrected chi connectivity index (χ4v) is 4.97. The molecule has 0 spiro atoms. The van der Waals surface area contributed by atoms with E-state index < -0.39 is 53.0 Å². The van der Waals surface area contributed by atoms with Crippen molar-refractivity contribution in [2.45, 2.75) is 74.7 Å². The summed E-state index contributed by atoms with van der Waals surface area (Å²) in [5, 5.41) is 20.2. The molecule has 0 aliphatic carbocycles. The molecule has 0 radical (unpaired) electrons. The van der Waals surface area contributed by atoms with Crippen molar-refractivity contribution in [2.24, 2.45) is 0 Å². The van der Waals surface area contributed by atoms with Gasteiger partial charge in [-0.15, -0.1) is 0 Å². The Morgan fingerprint density at radius 1 is 1.06 bits per heavy atom. The van der Waals surface area contributed by atoms with Crippen LogP contribution in [0.5, 0.6) is 0 Å². The van der Waals surface area contributed by atoms with Crippen molar-refractivity contribution in [2.75, 3.05) is 6.61 Å². The lowest BCUT2D eigenvalue weighted by atomic mass is 10.0. The van der Waals surface area contributed by atoms with Crippen molar-refractivity contribution in [3.05, 3.63) is 78.1 Å². The molecule has 10 heteroatoms. The second kappa shape index (κ2) is 11.8. The van der Waals surface area contributed by atoms with Crippen molar-refractivity contribution >= 4 is 10.1 Å². The number of rotatable bonds is 9. The van der Waals surface area contributed by atoms with E-state index in [9.17, 15) is 18.6 Å². The van der Waals surface area contributed by atoms with Gasteiger partial charge in [0.1, 0.15) is 24.9 Å². The maximum absolute atomic E-state index is 12.7. The summed E-state index contributed by atoms with van der Waals surface area (Å²) < 4.78 is 54.5. The van der Waals surface area contributed by atoms with Crippen molar-refractivity contribution in [1.82, 2.24) is 0 Å². The zero-order valence-electron chi connectivity index (χ0n) is 20.2. The summed E-state index contributed by atoms with van der Waals surface area (Å²) in [6.45, 7) is 3.46. The van der Waals surface area contributed by atoms with Crippen molar-refractivity contribution < 1.29 is 41.8 Å². The van der Waals surface area contributed by atoms with E-state index >= 15 is 0 Å². The van der Waals surface area contributed by atoms with E-state index in [0.29, 0.717) is 0 Å². The Labute approximate surface area is 211 Å². The lowest BCUT2D eigenvalue weighted by Crippen LogP contribution is -2.53. The van der Waals surface area contributed by atoms with Gasteiger partial charge in [-0.1, -0.05) is 48.0 Å². The van der Waals surface area contributed by atoms with E-state index in [-0.39, 0.29) is 24.5 Å². The molecule has 9 nitrogen and oxygen atoms in total. The number of hydrogen-bond acceptors (Lipinski definition) is 9. The van der Waals surface area contributed by atoms with Crippen molar-refractivity contribution in [1.29, 1.82) is 0 Å². The minimum atomic E-state index is -4.04. The van der Waals surface area contributed by atoms with Gasteiger partial charge in [-0.05, 0) is 37.6 Å². The first-order chi connectivity index (χ1) is 17.2. The fourth-order valence-electron chi connectivity index (χ4n) is 4.06. The van der Waals surface area contributed by atoms with Crippen LogP contribution < -0.4 is 0 Å². The molecule has 7 atom stereocenters. The monoisotopic (exact) mass is 520 g/mol. The Bertz CT molecular complexity index is 1090. The summed E-state index contributed by atoms with van der Waals surface area (Å²) >= 11 is 0. The summed E-state index contributed by atoms with van der Waals surface area (Å²) in [5.41, 5.74) is 1.88. The van der Waals surface area contributed by atoms with Crippen LogP contribution in [-0.4, -0.2) is 68.2 Å². The Morgan fingerprint density at radius 2 is 1.78 bits per heavy atom. The van der Waals surface area contributed by atoms with Crippen molar-refractivity contribution in [3.8, 4) is 0 Å². The van der Waals surface area contributed by atoms with Gasteiger partial charge >= 0.3 is 0 Å². The Balaban J connectivity index is 1.49. The first kappa shape index (κ1) is 26.7. The zero-order chi connectivity index (χ0) is 25.7. The van der Waals surface area contributed by atoms with Gasteiger partial charge in [0, 0.05) is 6.42 Å². The molecule has 2 N–H and O–H groups in total. The van der Waals surface area contributed by atoms with Crippen LogP contribution in [0.1, 0.15) is 24.5 Å². The maximum Gasteiger partial charge on any atom is 0.297 e. The zero-order valence-corrected chi connectivity index (χ0v) is 21.0. The van der Waals surface area contributed by atoms with Crippen LogP contribution in [0.15, 0.2) is 71.8 Å². The minimum Gasteiger partial charge on any atom is -0.493 e. The Hall–Kier alpha value is -2.31. The van der Waals surface area contributed by atoms with E-state index in [1.165, 1.54) is 18.4 Å². The van der Waals surface area contributed by atoms with E-state index in [2.05, 4.69) is 0 Å². The molecule has 2 aromatic rings. The van der Waals surface area contributed by atoms with Crippen LogP contribution in [0, 0.1) is 6.92 Å². The van der Waals surface area contributed by atoms with Crippen LogP contribution in [0.3, 0.4) is 0 Å². The molecule has 2 heterocycles. The van der Waals surface area contributed by atoms with Gasteiger partial charge in [0.2, 0.25) is 0 Å². The molecule has 1 saturated heterocycles. The molecule has 2 aliphatic rings. The summed E-state index contributed by atoms with van der Waals surface area (Å²) in [6.07, 6.45) is -2.71. The summed E-state index contributed by atoms with van der Waals surface area (Å²) in [7, 11) is -4.04. The fraction of sp³-hybridized carbons (Fsp3) is 0.462. The molecular weight excluding hydrogens is 488 g/mol. The number of hydrogen-bond donors (Lipinski definition) is 2. The lowest BCUT2D eigenvalue weighted by molar-refractivity contribution is -0.282. The predicted octanol–water partition coefficient (Wildman–Crippen LogP) is 2.44. The average molecular weight is 521 g/mol. The minimum absolute atomic E-state index is 0.0341. The highest BCUT2D eigenvalue weighted by atomic mass is 32.2. The summed E-state index contributed by atoms with van der Waals surface area (Å²) in [4.78, 5) is 0.0374.